The molecule has 0 aromatic heterocycles. The number of hydrogen-bond acceptors (Lipinski definition) is 3. The number of carbonyl (C=O) groups is 1. The zero-order valence-corrected chi connectivity index (χ0v) is 9.39. The quantitative estimate of drug-likeness (QED) is 0.454. The Bertz CT molecular complexity index is 436. The summed E-state index contributed by atoms with van der Waals surface area (Å²) < 4.78 is 0. The number of rotatable bonds is 4. The van der Waals surface area contributed by atoms with Gasteiger partial charge in [0.15, 0.2) is 0 Å². The lowest BCUT2D eigenvalue weighted by Crippen LogP contribution is -1.74. The summed E-state index contributed by atoms with van der Waals surface area (Å²) in [6.07, 6.45) is 4.83. The fraction of sp³-hybridized carbons (Fsp3) is 0.0909. The van der Waals surface area contributed by atoms with Gasteiger partial charge in [-0.1, -0.05) is 29.8 Å². The summed E-state index contributed by atoms with van der Waals surface area (Å²) >= 11 is 10.4. The van der Waals surface area contributed by atoms with E-state index in [2.05, 4.69) is 22.4 Å². The van der Waals surface area contributed by atoms with E-state index in [1.54, 1.807) is 18.2 Å². The summed E-state index contributed by atoms with van der Waals surface area (Å²) in [5.74, 6) is 0. The maximum Gasteiger partial charge on any atom is 0.123 e. The number of halogens is 1. The normalized spacial score (nSPS) is 9.93. The summed E-state index contributed by atoms with van der Waals surface area (Å²) in [6.45, 7) is 0. The van der Waals surface area contributed by atoms with Crippen LogP contribution in [0.2, 0.25) is 5.02 Å². The van der Waals surface area contributed by atoms with Gasteiger partial charge < -0.3 is 4.79 Å². The van der Waals surface area contributed by atoms with Crippen LogP contribution in [0.15, 0.2) is 29.3 Å². The molecule has 0 N–H and O–H groups in total. The van der Waals surface area contributed by atoms with Crippen LogP contribution in [0, 0.1) is 0 Å². The highest BCUT2D eigenvalue weighted by Crippen LogP contribution is 2.25. The minimum absolute atomic E-state index is 0.400. The fourth-order valence-electron chi connectivity index (χ4n) is 1.03. The number of hydrogen-bond donors (Lipinski definition) is 0. The summed E-state index contributed by atoms with van der Waals surface area (Å²) in [5.41, 5.74) is 1.52. The number of nitrogens with zero attached hydrogens (tertiary/aromatic N) is 1. The number of benzene rings is 1. The third-order valence-electron chi connectivity index (χ3n) is 1.68. The summed E-state index contributed by atoms with van der Waals surface area (Å²) in [4.78, 5) is 13.9. The second kappa shape index (κ2) is 6.25. The van der Waals surface area contributed by atoms with Crippen molar-refractivity contribution in [1.29, 1.82) is 0 Å². The molecule has 2 nitrogen and oxygen atoms in total. The van der Waals surface area contributed by atoms with Crippen molar-refractivity contribution < 1.29 is 4.79 Å². The maximum absolute atomic E-state index is 10.1. The van der Waals surface area contributed by atoms with Gasteiger partial charge in [0, 0.05) is 6.42 Å². The van der Waals surface area contributed by atoms with Crippen molar-refractivity contribution in [3.05, 3.63) is 34.9 Å². The van der Waals surface area contributed by atoms with Crippen molar-refractivity contribution in [2.45, 2.75) is 6.42 Å². The predicted molar refractivity (Wildman–Crippen MR) is 65.9 cm³/mol. The van der Waals surface area contributed by atoms with Gasteiger partial charge in [0.2, 0.25) is 0 Å². The first-order valence-corrected chi connectivity index (χ1v) is 5.04. The molecule has 76 valence electrons. The van der Waals surface area contributed by atoms with E-state index >= 15 is 0 Å². The van der Waals surface area contributed by atoms with E-state index in [4.69, 9.17) is 11.6 Å². The van der Waals surface area contributed by atoms with E-state index in [1.165, 1.54) is 0 Å². The Kier molecular flexibility index (Phi) is 4.91. The van der Waals surface area contributed by atoms with Gasteiger partial charge in [-0.3, -0.25) is 0 Å². The van der Waals surface area contributed by atoms with Gasteiger partial charge >= 0.3 is 0 Å². The number of aldehydes is 1. The Labute approximate surface area is 98.3 Å². The van der Waals surface area contributed by atoms with E-state index in [1.807, 2.05) is 12.1 Å². The van der Waals surface area contributed by atoms with E-state index < -0.39 is 0 Å². The molecule has 0 spiro atoms. The van der Waals surface area contributed by atoms with Crippen molar-refractivity contribution in [3.8, 4) is 0 Å². The average Bonchev–Trinajstić information content (AvgIpc) is 2.23. The molecule has 15 heavy (non-hydrogen) atoms. The average molecular weight is 238 g/mol. The van der Waals surface area contributed by atoms with Gasteiger partial charge in [0.1, 0.15) is 6.29 Å². The fourth-order valence-corrected chi connectivity index (χ4v) is 1.36. The highest BCUT2D eigenvalue weighted by Gasteiger charge is 1.97. The van der Waals surface area contributed by atoms with E-state index in [9.17, 15) is 4.79 Å². The van der Waals surface area contributed by atoms with Gasteiger partial charge in [-0.05, 0) is 29.9 Å². The molecule has 0 heterocycles. The first-order chi connectivity index (χ1) is 7.27. The Morgan fingerprint density at radius 1 is 1.53 bits per heavy atom. The molecule has 0 amide bonds. The third kappa shape index (κ3) is 3.76. The predicted octanol–water partition coefficient (Wildman–Crippen LogP) is 3.68. The van der Waals surface area contributed by atoms with E-state index in [0.717, 1.165) is 11.8 Å². The van der Waals surface area contributed by atoms with Crippen molar-refractivity contribution in [2.24, 2.45) is 4.99 Å². The Morgan fingerprint density at radius 3 is 2.93 bits per heavy atom. The van der Waals surface area contributed by atoms with Gasteiger partial charge in [-0.2, -0.15) is 4.99 Å². The smallest absolute Gasteiger partial charge is 0.123 e. The molecule has 4 heteroatoms. The molecule has 0 saturated heterocycles. The molecule has 0 fully saturated rings. The molecule has 0 atom stereocenters. The molecule has 0 unspecified atom stereocenters. The van der Waals surface area contributed by atoms with Crippen LogP contribution in [0.3, 0.4) is 0 Å². The van der Waals surface area contributed by atoms with Gasteiger partial charge in [0.25, 0.3) is 0 Å². The third-order valence-corrected chi connectivity index (χ3v) is 2.07. The van der Waals surface area contributed by atoms with Crippen LogP contribution in [-0.2, 0) is 4.79 Å². The number of thiocarbonyl (C=S) groups is 1. The first-order valence-electron chi connectivity index (χ1n) is 4.25. The van der Waals surface area contributed by atoms with E-state index in [-0.39, 0.29) is 0 Å². The van der Waals surface area contributed by atoms with Crippen molar-refractivity contribution in [1.82, 2.24) is 0 Å². The summed E-state index contributed by atoms with van der Waals surface area (Å²) in [5, 5.41) is 2.77. The number of isothiocyanates is 1. The SMILES string of the molecule is O=CCC=Cc1ccc(N=C=S)c(Cl)c1. The molecule has 1 aromatic carbocycles. The van der Waals surface area contributed by atoms with Crippen LogP contribution in [-0.4, -0.2) is 11.4 Å². The Balaban J connectivity index is 2.90. The highest BCUT2D eigenvalue weighted by atomic mass is 35.5. The minimum Gasteiger partial charge on any atom is -0.303 e. The van der Waals surface area contributed by atoms with Gasteiger partial charge in [0.05, 0.1) is 15.9 Å². The second-order valence-corrected chi connectivity index (χ2v) is 3.31. The lowest BCUT2D eigenvalue weighted by Gasteiger charge is -1.97. The molecule has 0 aliphatic rings. The van der Waals surface area contributed by atoms with Gasteiger partial charge in [-0.25, -0.2) is 0 Å². The molecular formula is C11H8ClNOS. The van der Waals surface area contributed by atoms with Crippen LogP contribution in [0.1, 0.15) is 12.0 Å². The van der Waals surface area contributed by atoms with Gasteiger partial charge in [-0.15, -0.1) is 0 Å². The molecule has 0 aliphatic carbocycles. The molecule has 0 aliphatic heterocycles. The lowest BCUT2D eigenvalue weighted by molar-refractivity contribution is -0.107. The number of allylic oxidation sites excluding steroid dienone is 1. The minimum atomic E-state index is 0.400. The van der Waals surface area contributed by atoms with E-state index in [0.29, 0.717) is 17.1 Å². The summed E-state index contributed by atoms with van der Waals surface area (Å²) in [6, 6.07) is 5.36. The van der Waals surface area contributed by atoms with Crippen LogP contribution in [0.5, 0.6) is 0 Å². The number of aliphatic imine (C=N–C) groups is 1. The molecule has 1 aromatic rings. The Morgan fingerprint density at radius 2 is 2.33 bits per heavy atom. The Hall–Kier alpha value is -1.28. The highest BCUT2D eigenvalue weighted by molar-refractivity contribution is 7.78. The number of carbonyl (C=O) groups excluding carboxylic acids is 1. The van der Waals surface area contributed by atoms with Crippen LogP contribution in [0.25, 0.3) is 6.08 Å². The lowest BCUT2D eigenvalue weighted by atomic mass is 10.2. The van der Waals surface area contributed by atoms with Crippen molar-refractivity contribution in [3.63, 3.8) is 0 Å². The summed E-state index contributed by atoms with van der Waals surface area (Å²) in [7, 11) is 0. The first kappa shape index (κ1) is 11.8. The van der Waals surface area contributed by atoms with Crippen molar-refractivity contribution >= 4 is 47.0 Å². The van der Waals surface area contributed by atoms with Crippen molar-refractivity contribution in [2.75, 3.05) is 0 Å². The molecule has 0 radical (unpaired) electrons. The van der Waals surface area contributed by atoms with Crippen LogP contribution in [0.4, 0.5) is 5.69 Å². The zero-order chi connectivity index (χ0) is 11.1. The molecule has 0 bridgehead atoms. The monoisotopic (exact) mass is 237 g/mol. The molecule has 0 saturated carbocycles. The maximum atomic E-state index is 10.1. The van der Waals surface area contributed by atoms with Crippen LogP contribution < -0.4 is 0 Å². The molecular weight excluding hydrogens is 230 g/mol. The molecule has 1 rings (SSSR count). The standard InChI is InChI=1S/C11H8ClNOS/c12-10-7-9(3-1-2-6-14)4-5-11(10)13-8-15/h1,3-7H,2H2. The van der Waals surface area contributed by atoms with Crippen LogP contribution >= 0.6 is 23.8 Å². The largest absolute Gasteiger partial charge is 0.303 e. The zero-order valence-electron chi connectivity index (χ0n) is 7.81. The second-order valence-electron chi connectivity index (χ2n) is 2.72. The topological polar surface area (TPSA) is 29.4 Å².